The van der Waals surface area contributed by atoms with E-state index in [-0.39, 0.29) is 0 Å². The minimum absolute atomic E-state index is 0.763. The third kappa shape index (κ3) is 3.91. The first kappa shape index (κ1) is 19.0. The van der Waals surface area contributed by atoms with Gasteiger partial charge in [-0.2, -0.15) is 5.10 Å². The molecule has 1 saturated heterocycles. The maximum Gasteiger partial charge on any atom is 0.194 e. The number of imidazole rings is 1. The van der Waals surface area contributed by atoms with Crippen LogP contribution in [0.4, 0.5) is 0 Å². The van der Waals surface area contributed by atoms with Crippen LogP contribution in [0, 0.1) is 0 Å². The fourth-order valence-electron chi connectivity index (χ4n) is 3.76. The summed E-state index contributed by atoms with van der Waals surface area (Å²) < 4.78 is 9.30. The SMILES string of the molecule is CC1CCCC(C)N1.COc1cc(-c2cn3ccnc3s2)cc2cn(C)nc12. The number of benzene rings is 1. The number of aromatic nitrogens is 4. The van der Waals surface area contributed by atoms with Gasteiger partial charge >= 0.3 is 0 Å². The zero-order valence-corrected chi connectivity index (χ0v) is 17.7. The van der Waals surface area contributed by atoms with E-state index in [0.29, 0.717) is 0 Å². The van der Waals surface area contributed by atoms with Gasteiger partial charge in [0.2, 0.25) is 0 Å². The summed E-state index contributed by atoms with van der Waals surface area (Å²) in [6.07, 6.45) is 12.0. The molecule has 1 N–H and O–H groups in total. The average molecular weight is 398 g/mol. The van der Waals surface area contributed by atoms with Crippen molar-refractivity contribution < 1.29 is 4.74 Å². The molecular formula is C21H27N5OS. The second-order valence-corrected chi connectivity index (χ2v) is 8.54. The van der Waals surface area contributed by atoms with Gasteiger partial charge in [0.05, 0.1) is 12.0 Å². The van der Waals surface area contributed by atoms with Gasteiger partial charge in [-0.3, -0.25) is 9.08 Å². The largest absolute Gasteiger partial charge is 0.494 e. The van der Waals surface area contributed by atoms with Crippen molar-refractivity contribution in [3.05, 3.63) is 36.9 Å². The number of hydrogen-bond acceptors (Lipinski definition) is 5. The van der Waals surface area contributed by atoms with Crippen molar-refractivity contribution in [2.45, 2.75) is 45.2 Å². The molecule has 0 aliphatic carbocycles. The molecule has 0 spiro atoms. The minimum Gasteiger partial charge on any atom is -0.494 e. The highest BCUT2D eigenvalue weighted by molar-refractivity contribution is 7.20. The van der Waals surface area contributed by atoms with E-state index in [2.05, 4.69) is 41.5 Å². The van der Waals surface area contributed by atoms with E-state index in [1.165, 1.54) is 19.3 Å². The van der Waals surface area contributed by atoms with Crippen LogP contribution in [-0.2, 0) is 7.05 Å². The number of nitrogens with zero attached hydrogens (tertiary/aromatic N) is 4. The van der Waals surface area contributed by atoms with Gasteiger partial charge in [-0.15, -0.1) is 0 Å². The number of methoxy groups -OCH3 is 1. The number of aryl methyl sites for hydroxylation is 1. The monoisotopic (exact) mass is 397 g/mol. The maximum absolute atomic E-state index is 5.46. The van der Waals surface area contributed by atoms with Gasteiger partial charge in [0.15, 0.2) is 4.96 Å². The van der Waals surface area contributed by atoms with Crippen molar-refractivity contribution >= 4 is 27.2 Å². The Kier molecular flexibility index (Phi) is 5.37. The molecule has 1 aliphatic rings. The molecule has 4 heterocycles. The molecule has 0 bridgehead atoms. The van der Waals surface area contributed by atoms with Crippen molar-refractivity contribution in [1.82, 2.24) is 24.5 Å². The number of thiazole rings is 1. The molecule has 0 amide bonds. The highest BCUT2D eigenvalue weighted by Gasteiger charge is 2.13. The molecule has 28 heavy (non-hydrogen) atoms. The summed E-state index contributed by atoms with van der Waals surface area (Å²) >= 11 is 1.66. The summed E-state index contributed by atoms with van der Waals surface area (Å²) in [4.78, 5) is 6.46. The van der Waals surface area contributed by atoms with Crippen molar-refractivity contribution in [2.75, 3.05) is 7.11 Å². The Hall–Kier alpha value is -2.38. The van der Waals surface area contributed by atoms with Gasteiger partial charge in [-0.25, -0.2) is 4.98 Å². The molecule has 1 aromatic carbocycles. The summed E-state index contributed by atoms with van der Waals surface area (Å²) in [5, 5.41) is 8.98. The second kappa shape index (κ2) is 7.93. The molecule has 1 fully saturated rings. The van der Waals surface area contributed by atoms with Crippen LogP contribution in [0.5, 0.6) is 5.75 Å². The zero-order valence-electron chi connectivity index (χ0n) is 16.8. The van der Waals surface area contributed by atoms with Crippen molar-refractivity contribution in [1.29, 1.82) is 0 Å². The van der Waals surface area contributed by atoms with E-state index in [1.54, 1.807) is 29.3 Å². The molecule has 5 rings (SSSR count). The first-order valence-corrected chi connectivity index (χ1v) is 10.6. The molecule has 2 unspecified atom stereocenters. The van der Waals surface area contributed by atoms with Crippen LogP contribution in [0.2, 0.25) is 0 Å². The molecule has 148 valence electrons. The van der Waals surface area contributed by atoms with Crippen LogP contribution in [-0.4, -0.2) is 38.4 Å². The predicted molar refractivity (Wildman–Crippen MR) is 115 cm³/mol. The van der Waals surface area contributed by atoms with E-state index in [9.17, 15) is 0 Å². The summed E-state index contributed by atoms with van der Waals surface area (Å²) in [5.41, 5.74) is 2.01. The number of nitrogens with one attached hydrogen (secondary N) is 1. The fourth-order valence-corrected chi connectivity index (χ4v) is 4.70. The Morgan fingerprint density at radius 1 is 1.18 bits per heavy atom. The third-order valence-corrected chi connectivity index (χ3v) is 6.19. The molecule has 0 radical (unpaired) electrons. The lowest BCUT2D eigenvalue weighted by molar-refractivity contribution is 0.352. The highest BCUT2D eigenvalue weighted by atomic mass is 32.1. The van der Waals surface area contributed by atoms with Crippen LogP contribution in [0.25, 0.3) is 26.3 Å². The smallest absolute Gasteiger partial charge is 0.194 e. The number of fused-ring (bicyclic) bond motifs is 2. The van der Waals surface area contributed by atoms with Gasteiger partial charge in [0.1, 0.15) is 11.3 Å². The van der Waals surface area contributed by atoms with Crippen molar-refractivity contribution in [2.24, 2.45) is 7.05 Å². The Morgan fingerprint density at radius 3 is 2.61 bits per heavy atom. The molecule has 2 atom stereocenters. The summed E-state index contributed by atoms with van der Waals surface area (Å²) in [6.45, 7) is 4.52. The second-order valence-electron chi connectivity index (χ2n) is 7.53. The molecule has 1 aliphatic heterocycles. The van der Waals surface area contributed by atoms with Gasteiger partial charge in [-0.1, -0.05) is 17.8 Å². The first-order chi connectivity index (χ1) is 13.5. The van der Waals surface area contributed by atoms with Crippen LogP contribution in [0.1, 0.15) is 33.1 Å². The quantitative estimate of drug-likeness (QED) is 0.541. The van der Waals surface area contributed by atoms with E-state index >= 15 is 0 Å². The number of hydrogen-bond donors (Lipinski definition) is 1. The topological polar surface area (TPSA) is 56.4 Å². The Balaban J connectivity index is 0.000000203. The lowest BCUT2D eigenvalue weighted by Crippen LogP contribution is -2.38. The van der Waals surface area contributed by atoms with Crippen LogP contribution in [0.3, 0.4) is 0 Å². The first-order valence-electron chi connectivity index (χ1n) is 9.74. The van der Waals surface area contributed by atoms with Crippen LogP contribution < -0.4 is 10.1 Å². The number of rotatable bonds is 2. The zero-order chi connectivity index (χ0) is 19.7. The Labute approximate surface area is 169 Å². The van der Waals surface area contributed by atoms with Crippen molar-refractivity contribution in [3.8, 4) is 16.2 Å². The molecule has 4 aromatic rings. The fraction of sp³-hybridized carbons (Fsp3) is 0.429. The number of piperidine rings is 1. The Morgan fingerprint density at radius 2 is 1.96 bits per heavy atom. The Bertz CT molecular complexity index is 1040. The third-order valence-electron chi connectivity index (χ3n) is 5.13. The summed E-state index contributed by atoms with van der Waals surface area (Å²) in [6, 6.07) is 5.69. The van der Waals surface area contributed by atoms with E-state index in [1.807, 2.05) is 29.9 Å². The van der Waals surface area contributed by atoms with Gasteiger partial charge in [0.25, 0.3) is 0 Å². The van der Waals surface area contributed by atoms with Gasteiger partial charge < -0.3 is 10.1 Å². The lowest BCUT2D eigenvalue weighted by Gasteiger charge is -2.25. The van der Waals surface area contributed by atoms with E-state index in [4.69, 9.17) is 4.74 Å². The lowest BCUT2D eigenvalue weighted by atomic mass is 10.0. The average Bonchev–Trinajstić information content (AvgIpc) is 3.34. The molecule has 6 nitrogen and oxygen atoms in total. The highest BCUT2D eigenvalue weighted by Crippen LogP contribution is 2.34. The predicted octanol–water partition coefficient (Wildman–Crippen LogP) is 4.50. The van der Waals surface area contributed by atoms with E-state index < -0.39 is 0 Å². The van der Waals surface area contributed by atoms with Crippen LogP contribution in [0.15, 0.2) is 36.9 Å². The molecule has 3 aromatic heterocycles. The van der Waals surface area contributed by atoms with Crippen LogP contribution >= 0.6 is 11.3 Å². The van der Waals surface area contributed by atoms with Gasteiger partial charge in [-0.05, 0) is 44.4 Å². The van der Waals surface area contributed by atoms with Crippen molar-refractivity contribution in [3.63, 3.8) is 0 Å². The summed E-state index contributed by atoms with van der Waals surface area (Å²) in [5.74, 6) is 0.796. The van der Waals surface area contributed by atoms with Gasteiger partial charge in [0, 0.05) is 49.3 Å². The molecule has 7 heteroatoms. The van der Waals surface area contributed by atoms with E-state index in [0.717, 1.165) is 44.1 Å². The molecule has 0 saturated carbocycles. The number of ether oxygens (including phenoxy) is 1. The minimum atomic E-state index is 0.763. The maximum atomic E-state index is 5.46. The molecular weight excluding hydrogens is 370 g/mol. The normalized spacial score (nSPS) is 19.6. The summed E-state index contributed by atoms with van der Waals surface area (Å²) in [7, 11) is 3.59. The standard InChI is InChI=1S/C14H12N4OS.C7H15N/c1-17-7-10-5-9(6-11(19-2)13(10)16-17)12-8-18-4-3-15-14(18)20-12;1-6-4-3-5-7(2)8-6/h3-8H,1-2H3;6-8H,3-5H2,1-2H3.